The van der Waals surface area contributed by atoms with Crippen LogP contribution in [0.15, 0.2) is 30.3 Å². The van der Waals surface area contributed by atoms with E-state index in [1.165, 1.54) is 5.56 Å². The summed E-state index contributed by atoms with van der Waals surface area (Å²) < 4.78 is 0. The number of hydrogen-bond donors (Lipinski definition) is 1. The molecule has 2 saturated heterocycles. The molecule has 26 heavy (non-hydrogen) atoms. The van der Waals surface area contributed by atoms with Gasteiger partial charge in [0.25, 0.3) is 0 Å². The van der Waals surface area contributed by atoms with E-state index in [2.05, 4.69) is 50.3 Å². The third-order valence-corrected chi connectivity index (χ3v) is 5.21. The van der Waals surface area contributed by atoms with Crippen molar-refractivity contribution in [1.29, 1.82) is 0 Å². The second-order valence-corrected chi connectivity index (χ2v) is 6.98. The zero-order valence-corrected chi connectivity index (χ0v) is 17.2. The first-order valence-corrected chi connectivity index (χ1v) is 9.19. The molecule has 2 heterocycles. The number of hydrogen-bond acceptors (Lipinski definition) is 4. The maximum absolute atomic E-state index is 12.6. The number of piperazine rings is 1. The monoisotopic (exact) mass is 402 g/mol. The Morgan fingerprint density at radius 3 is 2.35 bits per heavy atom. The predicted octanol–water partition coefficient (Wildman–Crippen LogP) is 1.86. The summed E-state index contributed by atoms with van der Waals surface area (Å²) in [5.41, 5.74) is 1.37. The number of benzene rings is 1. The Balaban J connectivity index is 0.00000169. The molecule has 1 unspecified atom stereocenters. The first-order chi connectivity index (χ1) is 11.8. The van der Waals surface area contributed by atoms with E-state index in [9.17, 15) is 4.79 Å². The van der Waals surface area contributed by atoms with Crippen LogP contribution in [-0.2, 0) is 11.3 Å². The number of amides is 1. The van der Waals surface area contributed by atoms with Crippen LogP contribution >= 0.6 is 24.8 Å². The van der Waals surface area contributed by atoms with Crippen molar-refractivity contribution in [3.8, 4) is 0 Å². The lowest BCUT2D eigenvalue weighted by Gasteiger charge is -2.35. The number of nitrogens with one attached hydrogen (secondary N) is 1. The standard InChI is InChI=1S/C19H30N4O.2ClH/c1-20-14-18-8-5-9-23(18)19(24)16-22-12-10-21(11-13-22)15-17-6-3-2-4-7-17;;/h2-4,6-7,18,20H,5,8-16H2,1H3;2*1H. The number of likely N-dealkylation sites (N-methyl/N-ethyl adjacent to an activating group) is 1. The van der Waals surface area contributed by atoms with E-state index in [1.807, 2.05) is 7.05 Å². The van der Waals surface area contributed by atoms with E-state index in [-0.39, 0.29) is 24.8 Å². The zero-order chi connectivity index (χ0) is 16.8. The Morgan fingerprint density at radius 1 is 1.04 bits per heavy atom. The fourth-order valence-electron chi connectivity index (χ4n) is 3.84. The van der Waals surface area contributed by atoms with Crippen LogP contribution in [0, 0.1) is 0 Å². The van der Waals surface area contributed by atoms with Gasteiger partial charge in [0.2, 0.25) is 5.91 Å². The molecule has 1 atom stereocenters. The molecular weight excluding hydrogens is 371 g/mol. The maximum Gasteiger partial charge on any atom is 0.237 e. The number of carbonyl (C=O) groups is 1. The molecule has 0 aliphatic carbocycles. The summed E-state index contributed by atoms with van der Waals surface area (Å²) in [5, 5.41) is 3.21. The number of likely N-dealkylation sites (tertiary alicyclic amines) is 1. The molecule has 5 nitrogen and oxygen atoms in total. The van der Waals surface area contributed by atoms with Gasteiger partial charge in [-0.1, -0.05) is 30.3 Å². The van der Waals surface area contributed by atoms with Gasteiger partial charge in [-0.15, -0.1) is 24.8 Å². The summed E-state index contributed by atoms with van der Waals surface area (Å²) in [5.74, 6) is 0.309. The van der Waals surface area contributed by atoms with Crippen LogP contribution in [0.2, 0.25) is 0 Å². The molecule has 1 aromatic carbocycles. The third-order valence-electron chi connectivity index (χ3n) is 5.21. The van der Waals surface area contributed by atoms with E-state index in [1.54, 1.807) is 0 Å². The fraction of sp³-hybridized carbons (Fsp3) is 0.632. The summed E-state index contributed by atoms with van der Waals surface area (Å²) in [6.45, 7) is 7.50. The molecule has 0 saturated carbocycles. The molecule has 2 aliphatic heterocycles. The van der Waals surface area contributed by atoms with Gasteiger partial charge in [-0.2, -0.15) is 0 Å². The number of nitrogens with zero attached hydrogens (tertiary/aromatic N) is 3. The van der Waals surface area contributed by atoms with E-state index in [0.717, 1.165) is 58.7 Å². The van der Waals surface area contributed by atoms with Gasteiger partial charge in [0, 0.05) is 51.9 Å². The number of carbonyl (C=O) groups excluding carboxylic acids is 1. The molecule has 0 radical (unpaired) electrons. The van der Waals surface area contributed by atoms with Crippen molar-refractivity contribution in [2.24, 2.45) is 0 Å². The van der Waals surface area contributed by atoms with Gasteiger partial charge < -0.3 is 10.2 Å². The van der Waals surface area contributed by atoms with Crippen molar-refractivity contribution < 1.29 is 4.79 Å². The minimum Gasteiger partial charge on any atom is -0.337 e. The quantitative estimate of drug-likeness (QED) is 0.787. The van der Waals surface area contributed by atoms with Crippen LogP contribution in [0.1, 0.15) is 18.4 Å². The molecule has 0 aromatic heterocycles. The van der Waals surface area contributed by atoms with E-state index in [4.69, 9.17) is 0 Å². The summed E-state index contributed by atoms with van der Waals surface area (Å²) in [6.07, 6.45) is 2.28. The third kappa shape index (κ3) is 6.39. The molecule has 3 rings (SSSR count). The SMILES string of the molecule is CNCC1CCCN1C(=O)CN1CCN(Cc2ccccc2)CC1.Cl.Cl. The molecule has 1 amide bonds. The van der Waals surface area contributed by atoms with Crippen LogP contribution in [0.25, 0.3) is 0 Å². The average molecular weight is 403 g/mol. The van der Waals surface area contributed by atoms with E-state index >= 15 is 0 Å². The topological polar surface area (TPSA) is 38.8 Å². The van der Waals surface area contributed by atoms with Gasteiger partial charge >= 0.3 is 0 Å². The number of halogens is 2. The van der Waals surface area contributed by atoms with Crippen LogP contribution < -0.4 is 5.32 Å². The maximum atomic E-state index is 12.6. The molecular formula is C19H32Cl2N4O. The van der Waals surface area contributed by atoms with Crippen molar-refractivity contribution >= 4 is 30.7 Å². The predicted molar refractivity (Wildman–Crippen MR) is 111 cm³/mol. The van der Waals surface area contributed by atoms with Crippen molar-refractivity contribution in [3.63, 3.8) is 0 Å². The highest BCUT2D eigenvalue weighted by atomic mass is 35.5. The van der Waals surface area contributed by atoms with Gasteiger partial charge in [-0.05, 0) is 25.5 Å². The Labute approximate surface area is 169 Å². The molecule has 148 valence electrons. The molecule has 7 heteroatoms. The summed E-state index contributed by atoms with van der Waals surface area (Å²) in [4.78, 5) is 19.5. The minimum absolute atomic E-state index is 0. The Kier molecular flexibility index (Phi) is 10.5. The lowest BCUT2D eigenvalue weighted by Crippen LogP contribution is -2.51. The Bertz CT molecular complexity index is 524. The molecule has 2 fully saturated rings. The second kappa shape index (κ2) is 11.8. The Hall–Kier alpha value is -0.850. The lowest BCUT2D eigenvalue weighted by atomic mass is 10.2. The number of rotatable bonds is 6. The summed E-state index contributed by atoms with van der Waals surface area (Å²) in [6, 6.07) is 11.0. The Morgan fingerprint density at radius 2 is 1.69 bits per heavy atom. The molecule has 1 aromatic rings. The van der Waals surface area contributed by atoms with Crippen molar-refractivity contribution in [2.75, 3.05) is 52.9 Å². The van der Waals surface area contributed by atoms with Gasteiger partial charge in [0.1, 0.15) is 0 Å². The van der Waals surface area contributed by atoms with E-state index in [0.29, 0.717) is 18.5 Å². The molecule has 0 bridgehead atoms. The van der Waals surface area contributed by atoms with Crippen molar-refractivity contribution in [2.45, 2.75) is 25.4 Å². The van der Waals surface area contributed by atoms with Crippen LogP contribution in [0.4, 0.5) is 0 Å². The lowest BCUT2D eigenvalue weighted by molar-refractivity contribution is -0.133. The molecule has 2 aliphatic rings. The zero-order valence-electron chi connectivity index (χ0n) is 15.6. The van der Waals surface area contributed by atoms with Gasteiger partial charge in [-0.25, -0.2) is 0 Å². The highest BCUT2D eigenvalue weighted by Crippen LogP contribution is 2.17. The summed E-state index contributed by atoms with van der Waals surface area (Å²) in [7, 11) is 1.97. The molecule has 1 N–H and O–H groups in total. The first kappa shape index (κ1) is 23.2. The van der Waals surface area contributed by atoms with Crippen molar-refractivity contribution in [1.82, 2.24) is 20.0 Å². The normalized spacial score (nSPS) is 21.1. The van der Waals surface area contributed by atoms with E-state index < -0.39 is 0 Å². The smallest absolute Gasteiger partial charge is 0.237 e. The van der Waals surface area contributed by atoms with Gasteiger partial charge in [0.05, 0.1) is 6.54 Å². The van der Waals surface area contributed by atoms with Gasteiger partial charge in [0.15, 0.2) is 0 Å². The highest BCUT2D eigenvalue weighted by molar-refractivity contribution is 5.85. The molecule has 0 spiro atoms. The average Bonchev–Trinajstić information content (AvgIpc) is 3.06. The van der Waals surface area contributed by atoms with Crippen LogP contribution in [0.5, 0.6) is 0 Å². The van der Waals surface area contributed by atoms with Gasteiger partial charge in [-0.3, -0.25) is 14.6 Å². The summed E-state index contributed by atoms with van der Waals surface area (Å²) >= 11 is 0. The first-order valence-electron chi connectivity index (χ1n) is 9.19. The largest absolute Gasteiger partial charge is 0.337 e. The van der Waals surface area contributed by atoms with Crippen LogP contribution in [-0.4, -0.2) is 79.5 Å². The minimum atomic E-state index is 0. The van der Waals surface area contributed by atoms with Crippen molar-refractivity contribution in [3.05, 3.63) is 35.9 Å². The van der Waals surface area contributed by atoms with Crippen LogP contribution in [0.3, 0.4) is 0 Å². The highest BCUT2D eigenvalue weighted by Gasteiger charge is 2.29. The fourth-order valence-corrected chi connectivity index (χ4v) is 3.84. The second-order valence-electron chi connectivity index (χ2n) is 6.98.